The third kappa shape index (κ3) is 3.23. The fourth-order valence-corrected chi connectivity index (χ4v) is 3.94. The highest BCUT2D eigenvalue weighted by Gasteiger charge is 2.26. The van der Waals surface area contributed by atoms with Crippen molar-refractivity contribution in [1.82, 2.24) is 19.4 Å². The third-order valence-electron chi connectivity index (χ3n) is 3.44. The summed E-state index contributed by atoms with van der Waals surface area (Å²) in [6, 6.07) is 15.4. The van der Waals surface area contributed by atoms with Crippen LogP contribution in [0.15, 0.2) is 72.3 Å². The molecule has 5 nitrogen and oxygen atoms in total. The van der Waals surface area contributed by atoms with Gasteiger partial charge in [0.05, 0.1) is 0 Å². The number of hydrogen-bond acceptors (Lipinski definition) is 4. The van der Waals surface area contributed by atoms with Gasteiger partial charge in [-0.25, -0.2) is 14.2 Å². The van der Waals surface area contributed by atoms with Gasteiger partial charge < -0.3 is 0 Å². The summed E-state index contributed by atoms with van der Waals surface area (Å²) in [5.41, 5.74) is 0.992. The first-order valence-electron chi connectivity index (χ1n) is 7.25. The molecule has 0 aliphatic rings. The van der Waals surface area contributed by atoms with Gasteiger partial charge in [0.25, 0.3) is 0 Å². The standard InChI is InChI=1S/C17H18N4OS/c1-20(2)16(14-8-4-3-5-9-14)23(22)17-19-12-13-21(17)15-10-6-7-11-18-15/h3-13,16H,1-2H3. The zero-order valence-electron chi connectivity index (χ0n) is 13.0. The molecule has 3 aromatic rings. The number of benzene rings is 1. The molecule has 118 valence electrons. The van der Waals surface area contributed by atoms with Crippen molar-refractivity contribution in [3.8, 4) is 5.82 Å². The maximum Gasteiger partial charge on any atom is 0.206 e. The molecule has 2 heterocycles. The molecule has 0 saturated heterocycles. The van der Waals surface area contributed by atoms with E-state index < -0.39 is 10.8 Å². The fourth-order valence-electron chi connectivity index (χ4n) is 2.44. The molecule has 23 heavy (non-hydrogen) atoms. The predicted octanol–water partition coefficient (Wildman–Crippen LogP) is 2.64. The van der Waals surface area contributed by atoms with Crippen molar-refractivity contribution in [2.45, 2.75) is 10.5 Å². The molecule has 3 rings (SSSR count). The Morgan fingerprint density at radius 1 is 1.00 bits per heavy atom. The van der Waals surface area contributed by atoms with Crippen LogP contribution < -0.4 is 0 Å². The van der Waals surface area contributed by atoms with E-state index in [4.69, 9.17) is 0 Å². The highest BCUT2D eigenvalue weighted by molar-refractivity contribution is 7.85. The van der Waals surface area contributed by atoms with Crippen molar-refractivity contribution >= 4 is 10.8 Å². The zero-order valence-corrected chi connectivity index (χ0v) is 13.9. The van der Waals surface area contributed by atoms with E-state index >= 15 is 0 Å². The average Bonchev–Trinajstić information content (AvgIpc) is 3.06. The maximum absolute atomic E-state index is 13.2. The number of nitrogens with zero attached hydrogens (tertiary/aromatic N) is 4. The average molecular weight is 326 g/mol. The summed E-state index contributed by atoms with van der Waals surface area (Å²) in [7, 11) is 2.50. The molecule has 0 amide bonds. The Morgan fingerprint density at radius 3 is 2.39 bits per heavy atom. The molecule has 0 fully saturated rings. The van der Waals surface area contributed by atoms with Crippen LogP contribution in [0.25, 0.3) is 5.82 Å². The van der Waals surface area contributed by atoms with Gasteiger partial charge in [-0.15, -0.1) is 0 Å². The monoisotopic (exact) mass is 326 g/mol. The van der Waals surface area contributed by atoms with E-state index in [2.05, 4.69) is 9.97 Å². The second kappa shape index (κ2) is 6.85. The molecule has 6 heteroatoms. The second-order valence-electron chi connectivity index (χ2n) is 5.29. The molecule has 0 radical (unpaired) electrons. The summed E-state index contributed by atoms with van der Waals surface area (Å²) in [4.78, 5) is 10.6. The van der Waals surface area contributed by atoms with E-state index in [1.54, 1.807) is 23.2 Å². The first-order valence-corrected chi connectivity index (χ1v) is 8.46. The lowest BCUT2D eigenvalue weighted by Crippen LogP contribution is -2.25. The largest absolute Gasteiger partial charge is 0.291 e. The summed E-state index contributed by atoms with van der Waals surface area (Å²) in [6.07, 6.45) is 5.15. The highest BCUT2D eigenvalue weighted by Crippen LogP contribution is 2.27. The number of imidazole rings is 1. The number of aromatic nitrogens is 3. The van der Waals surface area contributed by atoms with Crippen molar-refractivity contribution in [2.75, 3.05) is 14.1 Å². The predicted molar refractivity (Wildman–Crippen MR) is 90.6 cm³/mol. The molecule has 0 spiro atoms. The lowest BCUT2D eigenvalue weighted by molar-refractivity contribution is 0.381. The van der Waals surface area contributed by atoms with Crippen LogP contribution in [0.4, 0.5) is 0 Å². The van der Waals surface area contributed by atoms with Gasteiger partial charge in [-0.1, -0.05) is 36.4 Å². The van der Waals surface area contributed by atoms with Crippen LogP contribution >= 0.6 is 0 Å². The maximum atomic E-state index is 13.2. The minimum Gasteiger partial charge on any atom is -0.291 e. The lowest BCUT2D eigenvalue weighted by atomic mass is 10.2. The summed E-state index contributed by atoms with van der Waals surface area (Å²) in [6.45, 7) is 0. The molecule has 1 aromatic carbocycles. The molecule has 2 atom stereocenters. The van der Waals surface area contributed by atoms with Gasteiger partial charge in [-0.2, -0.15) is 0 Å². The number of hydrogen-bond donors (Lipinski definition) is 0. The van der Waals surface area contributed by atoms with Gasteiger partial charge in [0.15, 0.2) is 0 Å². The molecule has 2 aromatic heterocycles. The number of rotatable bonds is 5. The summed E-state index contributed by atoms with van der Waals surface area (Å²) < 4.78 is 15.0. The summed E-state index contributed by atoms with van der Waals surface area (Å²) in [5, 5.41) is 0.215. The quantitative estimate of drug-likeness (QED) is 0.723. The zero-order chi connectivity index (χ0) is 16.2. The van der Waals surface area contributed by atoms with Gasteiger partial charge in [0.1, 0.15) is 22.0 Å². The first kappa shape index (κ1) is 15.6. The Kier molecular flexibility index (Phi) is 4.64. The minimum atomic E-state index is -1.35. The normalized spacial score (nSPS) is 13.9. The molecular weight excluding hydrogens is 308 g/mol. The Hall–Kier alpha value is -2.31. The topological polar surface area (TPSA) is 51.0 Å². The smallest absolute Gasteiger partial charge is 0.206 e. The van der Waals surface area contributed by atoms with Crippen LogP contribution in [-0.2, 0) is 10.8 Å². The Labute approximate surface area is 138 Å². The van der Waals surface area contributed by atoms with Crippen molar-refractivity contribution in [3.63, 3.8) is 0 Å². The van der Waals surface area contributed by atoms with E-state index in [1.165, 1.54) is 0 Å². The van der Waals surface area contributed by atoms with E-state index in [0.29, 0.717) is 11.0 Å². The van der Waals surface area contributed by atoms with Crippen LogP contribution in [0, 0.1) is 0 Å². The first-order chi connectivity index (χ1) is 11.2. The van der Waals surface area contributed by atoms with Crippen molar-refractivity contribution in [1.29, 1.82) is 0 Å². The third-order valence-corrected chi connectivity index (χ3v) is 5.20. The van der Waals surface area contributed by atoms with E-state index in [0.717, 1.165) is 5.56 Å². The lowest BCUT2D eigenvalue weighted by Gasteiger charge is -2.23. The SMILES string of the molecule is CN(C)C(c1ccccc1)S(=O)c1nccn1-c1ccccn1. The van der Waals surface area contributed by atoms with E-state index in [9.17, 15) is 4.21 Å². The Morgan fingerprint density at radius 2 is 1.74 bits per heavy atom. The Balaban J connectivity index is 2.02. The summed E-state index contributed by atoms with van der Waals surface area (Å²) >= 11 is 0. The molecule has 0 saturated carbocycles. The van der Waals surface area contributed by atoms with Gasteiger partial charge >= 0.3 is 0 Å². The highest BCUT2D eigenvalue weighted by atomic mass is 32.2. The van der Waals surface area contributed by atoms with Crippen molar-refractivity contribution in [3.05, 3.63) is 72.7 Å². The van der Waals surface area contributed by atoms with Gasteiger partial charge in [-0.05, 0) is 31.8 Å². The Bertz CT molecular complexity index is 787. The van der Waals surface area contributed by atoms with Crippen LogP contribution in [0.3, 0.4) is 0 Å². The van der Waals surface area contributed by atoms with Crippen LogP contribution in [0.5, 0.6) is 0 Å². The van der Waals surface area contributed by atoms with Crippen LogP contribution in [0.2, 0.25) is 0 Å². The van der Waals surface area contributed by atoms with Gasteiger partial charge in [0, 0.05) is 18.6 Å². The van der Waals surface area contributed by atoms with Crippen molar-refractivity contribution < 1.29 is 4.21 Å². The molecule has 0 aliphatic carbocycles. The van der Waals surface area contributed by atoms with Gasteiger partial charge in [0.2, 0.25) is 5.16 Å². The van der Waals surface area contributed by atoms with Crippen molar-refractivity contribution in [2.24, 2.45) is 0 Å². The van der Waals surface area contributed by atoms with E-state index in [1.807, 2.05) is 67.5 Å². The van der Waals surface area contributed by atoms with E-state index in [-0.39, 0.29) is 5.37 Å². The van der Waals surface area contributed by atoms with Crippen LogP contribution in [-0.4, -0.2) is 37.7 Å². The van der Waals surface area contributed by atoms with Gasteiger partial charge in [-0.3, -0.25) is 9.47 Å². The van der Waals surface area contributed by atoms with Crippen LogP contribution in [0.1, 0.15) is 10.9 Å². The molecule has 2 unspecified atom stereocenters. The molecule has 0 bridgehead atoms. The fraction of sp³-hybridized carbons (Fsp3) is 0.176. The minimum absolute atomic E-state index is 0.277. The second-order valence-corrected chi connectivity index (χ2v) is 6.70. The summed E-state index contributed by atoms with van der Waals surface area (Å²) in [5.74, 6) is 0.707. The molecule has 0 aliphatic heterocycles. The number of pyridine rings is 1. The molecule has 0 N–H and O–H groups in total. The molecular formula is C17H18N4OS.